The second-order valence-electron chi connectivity index (χ2n) is 6.53. The van der Waals surface area contributed by atoms with Crippen LogP contribution < -0.4 is 63.9 Å². The van der Waals surface area contributed by atoms with Gasteiger partial charge in [-0.2, -0.15) is 0 Å². The first-order chi connectivity index (χ1) is 14.5. The van der Waals surface area contributed by atoms with E-state index < -0.39 is 41.6 Å². The fourth-order valence-corrected chi connectivity index (χ4v) is 4.39. The molecule has 4 rings (SSSR count). The van der Waals surface area contributed by atoms with Crippen molar-refractivity contribution in [1.29, 1.82) is 0 Å². The predicted octanol–water partition coefficient (Wildman–Crippen LogP) is -3.93. The molecule has 0 N–H and O–H groups in total. The van der Waals surface area contributed by atoms with Crippen LogP contribution in [0.2, 0.25) is 0 Å². The van der Waals surface area contributed by atoms with Gasteiger partial charge in [0.15, 0.2) is 11.6 Å². The van der Waals surface area contributed by atoms with E-state index in [0.717, 1.165) is 12.1 Å². The Hall–Kier alpha value is -1.38. The van der Waals surface area contributed by atoms with Crippen molar-refractivity contribution in [3.05, 3.63) is 82.9 Å². The molecule has 158 valence electrons. The summed E-state index contributed by atoms with van der Waals surface area (Å²) in [5.41, 5.74) is 0.597. The number of ether oxygens (including phenoxy) is 1. The van der Waals surface area contributed by atoms with Crippen molar-refractivity contribution in [3.8, 4) is 11.5 Å². The Bertz CT molecular complexity index is 1500. The van der Waals surface area contributed by atoms with E-state index in [2.05, 4.69) is 0 Å². The summed E-state index contributed by atoms with van der Waals surface area (Å²) in [6.07, 6.45) is 0. The van der Waals surface area contributed by atoms with Crippen molar-refractivity contribution < 1.29 is 99.4 Å². The zero-order valence-electron chi connectivity index (χ0n) is 17.3. The number of carbonyl (C=O) groups is 2. The van der Waals surface area contributed by atoms with Gasteiger partial charge in [0, 0.05) is 22.3 Å². The smallest absolute Gasteiger partial charge is 0.744 e. The number of ketones is 2. The molecular weight excluding hydrogens is 494 g/mol. The van der Waals surface area contributed by atoms with Crippen molar-refractivity contribution in [2.24, 2.45) is 0 Å². The van der Waals surface area contributed by atoms with Gasteiger partial charge in [-0.1, -0.05) is 24.3 Å². The first kappa shape index (κ1) is 27.9. The van der Waals surface area contributed by atoms with Gasteiger partial charge in [-0.25, -0.2) is 16.8 Å². The van der Waals surface area contributed by atoms with Gasteiger partial charge in [0.1, 0.15) is 31.7 Å². The average Bonchev–Trinajstić information content (AvgIpc) is 2.70. The van der Waals surface area contributed by atoms with Crippen LogP contribution in [-0.4, -0.2) is 37.5 Å². The molecule has 0 saturated carbocycles. The maximum atomic E-state index is 12.8. The molecule has 0 saturated heterocycles. The molecule has 1 aliphatic carbocycles. The van der Waals surface area contributed by atoms with E-state index in [1.165, 1.54) is 30.3 Å². The van der Waals surface area contributed by atoms with Crippen LogP contribution in [0.15, 0.2) is 70.5 Å². The molecule has 13 heteroatoms. The minimum absolute atomic E-state index is 0. The Balaban J connectivity index is 0.00000193. The summed E-state index contributed by atoms with van der Waals surface area (Å²) in [5.74, 6) is -1.44. The number of benzene rings is 3. The zero-order chi connectivity index (χ0) is 22.6. The number of hydrogen-bond acceptors (Lipinski definition) is 9. The summed E-state index contributed by atoms with van der Waals surface area (Å²) in [6.45, 7) is 0. The first-order valence-corrected chi connectivity index (χ1v) is 11.3. The minimum atomic E-state index is -5.21. The monoisotopic (exact) mass is 504 g/mol. The van der Waals surface area contributed by atoms with Crippen LogP contribution >= 0.6 is 0 Å². The van der Waals surface area contributed by atoms with E-state index in [9.17, 15) is 35.5 Å². The second kappa shape index (κ2) is 10.1. The molecule has 0 radical (unpaired) electrons. The number of fused-ring (bicyclic) bond motifs is 2. The van der Waals surface area contributed by atoms with Crippen molar-refractivity contribution in [3.63, 3.8) is 0 Å². The molecule has 0 heterocycles. The van der Waals surface area contributed by atoms with E-state index in [1.807, 2.05) is 0 Å². The van der Waals surface area contributed by atoms with Gasteiger partial charge >= 0.3 is 59.1 Å². The fraction of sp³-hybridized carbons (Fsp3) is 0. The Morgan fingerprint density at radius 1 is 0.636 bits per heavy atom. The number of hydrogen-bond donors (Lipinski definition) is 0. The molecule has 0 amide bonds. The van der Waals surface area contributed by atoms with Gasteiger partial charge in [0.2, 0.25) is 0 Å². The van der Waals surface area contributed by atoms with Crippen LogP contribution in [0.4, 0.5) is 0 Å². The molecular formula is C20H10Na2O9S2. The van der Waals surface area contributed by atoms with Crippen molar-refractivity contribution in [2.75, 3.05) is 0 Å². The number of carbonyl (C=O) groups excluding carboxylic acids is 2. The largest absolute Gasteiger partial charge is 1.00 e. The molecule has 33 heavy (non-hydrogen) atoms. The van der Waals surface area contributed by atoms with Gasteiger partial charge in [-0.15, -0.1) is 0 Å². The molecule has 0 fully saturated rings. The fourth-order valence-electron chi connectivity index (χ4n) is 3.19. The van der Waals surface area contributed by atoms with E-state index in [0.29, 0.717) is 6.07 Å². The molecule has 3 aromatic carbocycles. The molecule has 1 aliphatic rings. The van der Waals surface area contributed by atoms with Crippen LogP contribution in [-0.2, 0) is 20.2 Å². The predicted molar refractivity (Wildman–Crippen MR) is 102 cm³/mol. The third-order valence-electron chi connectivity index (χ3n) is 4.60. The van der Waals surface area contributed by atoms with Crippen molar-refractivity contribution >= 4 is 31.8 Å². The van der Waals surface area contributed by atoms with Gasteiger partial charge in [-0.3, -0.25) is 9.59 Å². The third-order valence-corrected chi connectivity index (χ3v) is 6.29. The van der Waals surface area contributed by atoms with E-state index in [4.69, 9.17) is 4.74 Å². The SMILES string of the molecule is O=C1c2ccccc2C(=O)c2cc(Oc3ccc(S(=O)(=O)[O-])cc3S(=O)(=O)[O-])ccc21.[Na+].[Na+]. The number of rotatable bonds is 4. The van der Waals surface area contributed by atoms with Crippen LogP contribution in [0.3, 0.4) is 0 Å². The topological polar surface area (TPSA) is 158 Å². The van der Waals surface area contributed by atoms with Gasteiger partial charge in [0.25, 0.3) is 0 Å². The second-order valence-corrected chi connectivity index (χ2v) is 9.26. The summed E-state index contributed by atoms with van der Waals surface area (Å²) in [4.78, 5) is 23.4. The summed E-state index contributed by atoms with van der Waals surface area (Å²) < 4.78 is 73.5. The van der Waals surface area contributed by atoms with Crippen LogP contribution in [0.25, 0.3) is 0 Å². The molecule has 3 aromatic rings. The Morgan fingerprint density at radius 3 is 1.73 bits per heavy atom. The first-order valence-electron chi connectivity index (χ1n) is 8.53. The molecule has 0 aliphatic heterocycles. The summed E-state index contributed by atoms with van der Waals surface area (Å²) in [7, 11) is -10.2. The molecule has 0 bridgehead atoms. The van der Waals surface area contributed by atoms with Gasteiger partial charge < -0.3 is 13.8 Å². The summed E-state index contributed by atoms with van der Waals surface area (Å²) in [6, 6.07) is 12.1. The maximum absolute atomic E-state index is 12.8. The van der Waals surface area contributed by atoms with E-state index in [-0.39, 0.29) is 92.9 Å². The summed E-state index contributed by atoms with van der Waals surface area (Å²) >= 11 is 0. The standard InChI is InChI=1S/C20H12O9S2.2Na/c21-19-13-3-1-2-4-14(13)20(22)16-9-11(5-7-15(16)19)29-17-8-6-12(30(23,24)25)10-18(17)31(26,27)28;;/h1-10H,(H,23,24,25)(H,26,27,28);;/q;2*+1/p-2. The summed E-state index contributed by atoms with van der Waals surface area (Å²) in [5, 5.41) is 0. The van der Waals surface area contributed by atoms with E-state index in [1.54, 1.807) is 12.1 Å². The third kappa shape index (κ3) is 5.49. The van der Waals surface area contributed by atoms with Gasteiger partial charge in [-0.05, 0) is 36.4 Å². The zero-order valence-corrected chi connectivity index (χ0v) is 22.9. The van der Waals surface area contributed by atoms with Crippen molar-refractivity contribution in [2.45, 2.75) is 9.79 Å². The average molecular weight is 504 g/mol. The van der Waals surface area contributed by atoms with Crippen LogP contribution in [0, 0.1) is 0 Å². The Labute approximate surface area is 233 Å². The Morgan fingerprint density at radius 2 is 1.18 bits per heavy atom. The van der Waals surface area contributed by atoms with Crippen LogP contribution in [0.1, 0.15) is 31.8 Å². The molecule has 0 spiro atoms. The molecule has 0 unspecified atom stereocenters. The normalized spacial score (nSPS) is 12.7. The quantitative estimate of drug-likeness (QED) is 0.200. The van der Waals surface area contributed by atoms with Crippen molar-refractivity contribution in [1.82, 2.24) is 0 Å². The van der Waals surface area contributed by atoms with E-state index >= 15 is 0 Å². The molecule has 0 atom stereocenters. The van der Waals surface area contributed by atoms with Crippen LogP contribution in [0.5, 0.6) is 11.5 Å². The molecule has 0 aromatic heterocycles. The Kier molecular flexibility index (Phi) is 8.51. The molecule has 9 nitrogen and oxygen atoms in total. The maximum Gasteiger partial charge on any atom is 1.00 e. The van der Waals surface area contributed by atoms with Gasteiger partial charge in [0.05, 0.1) is 9.79 Å². The minimum Gasteiger partial charge on any atom is -0.744 e.